The van der Waals surface area contributed by atoms with Crippen LogP contribution >= 0.6 is 11.6 Å². The fourth-order valence-corrected chi connectivity index (χ4v) is 3.98. The second-order valence-corrected chi connectivity index (χ2v) is 7.14. The van der Waals surface area contributed by atoms with E-state index in [0.29, 0.717) is 24.4 Å². The molecule has 1 N–H and O–H groups in total. The molecule has 1 aliphatic heterocycles. The molecule has 1 aromatic rings. The van der Waals surface area contributed by atoms with Gasteiger partial charge in [0.15, 0.2) is 0 Å². The lowest BCUT2D eigenvalue weighted by Crippen LogP contribution is -2.44. The van der Waals surface area contributed by atoms with Gasteiger partial charge in [-0.15, -0.1) is 0 Å². The zero-order valence-electron chi connectivity index (χ0n) is 11.2. The summed E-state index contributed by atoms with van der Waals surface area (Å²) in [6, 6.07) is 6.07. The molecule has 7 heteroatoms. The van der Waals surface area contributed by atoms with Crippen molar-refractivity contribution < 1.29 is 13.2 Å². The van der Waals surface area contributed by atoms with Crippen LogP contribution in [0.3, 0.4) is 0 Å². The molecule has 0 radical (unpaired) electrons. The largest absolute Gasteiger partial charge is 0.359 e. The Morgan fingerprint density at radius 2 is 2.00 bits per heavy atom. The van der Waals surface area contributed by atoms with E-state index >= 15 is 0 Å². The van der Waals surface area contributed by atoms with Gasteiger partial charge in [-0.2, -0.15) is 4.31 Å². The van der Waals surface area contributed by atoms with E-state index in [1.807, 2.05) is 0 Å². The minimum Gasteiger partial charge on any atom is -0.359 e. The number of nitrogens with one attached hydrogen (secondary N) is 1. The molecule has 1 atom stereocenters. The highest BCUT2D eigenvalue weighted by molar-refractivity contribution is 7.89. The van der Waals surface area contributed by atoms with Gasteiger partial charge in [-0.05, 0) is 37.1 Å². The van der Waals surface area contributed by atoms with E-state index in [4.69, 9.17) is 11.6 Å². The van der Waals surface area contributed by atoms with Crippen molar-refractivity contribution in [2.45, 2.75) is 17.7 Å². The quantitative estimate of drug-likeness (QED) is 0.918. The van der Waals surface area contributed by atoms with Crippen LogP contribution in [-0.4, -0.2) is 38.8 Å². The summed E-state index contributed by atoms with van der Waals surface area (Å²) in [6.07, 6.45) is 1.40. The predicted octanol–water partition coefficient (Wildman–Crippen LogP) is 1.49. The van der Waals surface area contributed by atoms with Crippen LogP contribution in [0.15, 0.2) is 29.2 Å². The molecule has 1 fully saturated rings. The van der Waals surface area contributed by atoms with Crippen LogP contribution in [0.25, 0.3) is 0 Å². The average molecular weight is 317 g/mol. The Kier molecular flexibility index (Phi) is 4.67. The SMILES string of the molecule is CNC(=O)C1CCCN(S(=O)(=O)c2ccc(Cl)cc2)C1. The zero-order chi connectivity index (χ0) is 14.8. The lowest BCUT2D eigenvalue weighted by atomic mass is 9.99. The molecule has 1 aliphatic rings. The van der Waals surface area contributed by atoms with E-state index in [9.17, 15) is 13.2 Å². The highest BCUT2D eigenvalue weighted by atomic mass is 35.5. The molecule has 1 amide bonds. The number of hydrogen-bond acceptors (Lipinski definition) is 3. The van der Waals surface area contributed by atoms with Gasteiger partial charge in [-0.3, -0.25) is 4.79 Å². The Morgan fingerprint density at radius 1 is 1.35 bits per heavy atom. The summed E-state index contributed by atoms with van der Waals surface area (Å²) in [6.45, 7) is 0.670. The lowest BCUT2D eigenvalue weighted by molar-refractivity contribution is -0.125. The van der Waals surface area contributed by atoms with E-state index in [1.54, 1.807) is 19.2 Å². The Morgan fingerprint density at radius 3 is 2.60 bits per heavy atom. The molecular weight excluding hydrogens is 300 g/mol. The minimum absolute atomic E-state index is 0.110. The molecule has 0 bridgehead atoms. The maximum absolute atomic E-state index is 12.5. The number of nitrogens with zero attached hydrogens (tertiary/aromatic N) is 1. The van der Waals surface area contributed by atoms with E-state index in [-0.39, 0.29) is 23.3 Å². The zero-order valence-corrected chi connectivity index (χ0v) is 12.7. The summed E-state index contributed by atoms with van der Waals surface area (Å²) >= 11 is 5.77. The van der Waals surface area contributed by atoms with Crippen molar-refractivity contribution >= 4 is 27.5 Å². The third-order valence-corrected chi connectivity index (χ3v) is 5.58. The molecule has 2 rings (SSSR count). The van der Waals surface area contributed by atoms with Crippen molar-refractivity contribution in [2.75, 3.05) is 20.1 Å². The van der Waals surface area contributed by atoms with Crippen molar-refractivity contribution in [3.8, 4) is 0 Å². The van der Waals surface area contributed by atoms with Crippen LogP contribution in [-0.2, 0) is 14.8 Å². The molecule has 1 heterocycles. The number of amides is 1. The Balaban J connectivity index is 2.21. The summed E-state index contributed by atoms with van der Waals surface area (Å²) in [7, 11) is -1.99. The number of hydrogen-bond donors (Lipinski definition) is 1. The molecule has 1 saturated heterocycles. The molecule has 0 spiro atoms. The van der Waals surface area contributed by atoms with Gasteiger partial charge in [0.05, 0.1) is 10.8 Å². The molecule has 0 saturated carbocycles. The number of carbonyl (C=O) groups is 1. The lowest BCUT2D eigenvalue weighted by Gasteiger charge is -2.30. The normalized spacial score (nSPS) is 20.6. The first kappa shape index (κ1) is 15.3. The number of sulfonamides is 1. The Hall–Kier alpha value is -1.11. The summed E-state index contributed by atoms with van der Waals surface area (Å²) in [5.41, 5.74) is 0. The highest BCUT2D eigenvalue weighted by Crippen LogP contribution is 2.24. The second-order valence-electron chi connectivity index (χ2n) is 4.77. The average Bonchev–Trinajstić information content (AvgIpc) is 2.47. The number of rotatable bonds is 3. The smallest absolute Gasteiger partial charge is 0.243 e. The van der Waals surface area contributed by atoms with Gasteiger partial charge >= 0.3 is 0 Å². The van der Waals surface area contributed by atoms with Crippen LogP contribution in [0.1, 0.15) is 12.8 Å². The third-order valence-electron chi connectivity index (χ3n) is 3.45. The van der Waals surface area contributed by atoms with Crippen molar-refractivity contribution in [3.05, 3.63) is 29.3 Å². The molecule has 5 nitrogen and oxygen atoms in total. The monoisotopic (exact) mass is 316 g/mol. The first-order valence-electron chi connectivity index (χ1n) is 6.42. The Labute approximate surface area is 124 Å². The molecular formula is C13H17ClN2O3S. The van der Waals surface area contributed by atoms with Gasteiger partial charge in [-0.25, -0.2) is 8.42 Å². The van der Waals surface area contributed by atoms with Gasteiger partial charge in [0, 0.05) is 25.2 Å². The first-order valence-corrected chi connectivity index (χ1v) is 8.24. The topological polar surface area (TPSA) is 66.5 Å². The van der Waals surface area contributed by atoms with E-state index in [1.165, 1.54) is 16.4 Å². The molecule has 1 aromatic carbocycles. The summed E-state index contributed by atoms with van der Waals surface area (Å²) in [5.74, 6) is -0.392. The third kappa shape index (κ3) is 3.13. The molecule has 1 unspecified atom stereocenters. The Bertz CT molecular complexity index is 586. The van der Waals surface area contributed by atoms with Crippen LogP contribution in [0.2, 0.25) is 5.02 Å². The fraction of sp³-hybridized carbons (Fsp3) is 0.462. The number of benzene rings is 1. The van der Waals surface area contributed by atoms with Crippen LogP contribution < -0.4 is 5.32 Å². The van der Waals surface area contributed by atoms with Crippen LogP contribution in [0.4, 0.5) is 0 Å². The number of piperidine rings is 1. The standard InChI is InChI=1S/C13H17ClN2O3S/c1-15-13(17)10-3-2-8-16(9-10)20(18,19)12-6-4-11(14)5-7-12/h4-7,10H,2-3,8-9H2,1H3,(H,15,17). The van der Waals surface area contributed by atoms with Crippen LogP contribution in [0.5, 0.6) is 0 Å². The van der Waals surface area contributed by atoms with E-state index < -0.39 is 10.0 Å². The second kappa shape index (κ2) is 6.11. The van der Waals surface area contributed by atoms with Crippen molar-refractivity contribution in [1.29, 1.82) is 0 Å². The maximum Gasteiger partial charge on any atom is 0.243 e. The molecule has 110 valence electrons. The number of carbonyl (C=O) groups excluding carboxylic acids is 1. The highest BCUT2D eigenvalue weighted by Gasteiger charge is 2.32. The van der Waals surface area contributed by atoms with Gasteiger partial charge in [0.25, 0.3) is 0 Å². The summed E-state index contributed by atoms with van der Waals surface area (Å²) in [5, 5.41) is 3.07. The van der Waals surface area contributed by atoms with Gasteiger partial charge in [-0.1, -0.05) is 11.6 Å². The predicted molar refractivity (Wildman–Crippen MR) is 77.0 cm³/mol. The molecule has 0 aromatic heterocycles. The van der Waals surface area contributed by atoms with Crippen molar-refractivity contribution in [2.24, 2.45) is 5.92 Å². The van der Waals surface area contributed by atoms with Gasteiger partial charge < -0.3 is 5.32 Å². The molecule has 20 heavy (non-hydrogen) atoms. The van der Waals surface area contributed by atoms with E-state index in [0.717, 1.165) is 0 Å². The van der Waals surface area contributed by atoms with Crippen LogP contribution in [0, 0.1) is 5.92 Å². The fourth-order valence-electron chi connectivity index (χ4n) is 2.33. The number of halogens is 1. The van der Waals surface area contributed by atoms with Crippen molar-refractivity contribution in [3.63, 3.8) is 0 Å². The minimum atomic E-state index is -3.56. The maximum atomic E-state index is 12.5. The van der Waals surface area contributed by atoms with Crippen molar-refractivity contribution in [1.82, 2.24) is 9.62 Å². The molecule has 0 aliphatic carbocycles. The van der Waals surface area contributed by atoms with Gasteiger partial charge in [0.2, 0.25) is 15.9 Å². The summed E-state index contributed by atoms with van der Waals surface area (Å²) < 4.78 is 26.4. The summed E-state index contributed by atoms with van der Waals surface area (Å²) in [4.78, 5) is 11.9. The first-order chi connectivity index (χ1) is 9.45. The van der Waals surface area contributed by atoms with E-state index in [2.05, 4.69) is 5.32 Å². The van der Waals surface area contributed by atoms with Gasteiger partial charge in [0.1, 0.15) is 0 Å².